The Morgan fingerprint density at radius 3 is 1.24 bits per heavy atom. The fraction of sp³-hybridized carbons (Fsp3) is 0.171. The van der Waals surface area contributed by atoms with Crippen LogP contribution in [0.3, 0.4) is 0 Å². The molecular formula is C35H27NO5. The van der Waals surface area contributed by atoms with Crippen molar-refractivity contribution in [2.75, 3.05) is 14.2 Å². The van der Waals surface area contributed by atoms with Gasteiger partial charge in [-0.05, 0) is 57.7 Å². The lowest BCUT2D eigenvalue weighted by Gasteiger charge is -2.39. The smallest absolute Gasteiger partial charge is 0.232 e. The van der Waals surface area contributed by atoms with Gasteiger partial charge in [0.25, 0.3) is 0 Å². The summed E-state index contributed by atoms with van der Waals surface area (Å²) in [6, 6.07) is 34.0. The summed E-state index contributed by atoms with van der Waals surface area (Å²) in [6.07, 6.45) is 0. The first kappa shape index (κ1) is 25.0. The van der Waals surface area contributed by atoms with Gasteiger partial charge in [0, 0.05) is 0 Å². The molecule has 0 unspecified atom stereocenters. The van der Waals surface area contributed by atoms with Crippen LogP contribution in [0.2, 0.25) is 0 Å². The third-order valence-corrected chi connectivity index (χ3v) is 9.05. The van der Waals surface area contributed by atoms with Crippen molar-refractivity contribution in [1.29, 1.82) is 0 Å². The van der Waals surface area contributed by atoms with Gasteiger partial charge in [-0.3, -0.25) is 19.7 Å². The summed E-state index contributed by atoms with van der Waals surface area (Å²) in [6.45, 7) is 0. The van der Waals surface area contributed by atoms with Crippen LogP contribution >= 0.6 is 0 Å². The van der Waals surface area contributed by atoms with E-state index in [0.29, 0.717) is 22.6 Å². The molecule has 2 aliphatic carbocycles. The van der Waals surface area contributed by atoms with Crippen molar-refractivity contribution < 1.29 is 23.9 Å². The zero-order valence-electron chi connectivity index (χ0n) is 22.6. The highest BCUT2D eigenvalue weighted by Gasteiger charge is 2.81. The molecule has 1 heterocycles. The minimum atomic E-state index is -1.40. The summed E-state index contributed by atoms with van der Waals surface area (Å²) in [4.78, 5) is 43.1. The molecule has 1 aliphatic heterocycles. The van der Waals surface area contributed by atoms with E-state index in [-0.39, 0.29) is 5.78 Å². The molecule has 1 N–H and O–H groups in total. The molecule has 6 heteroatoms. The fourth-order valence-electron chi connectivity index (χ4n) is 7.57. The molecule has 41 heavy (non-hydrogen) atoms. The Kier molecular flexibility index (Phi) is 5.51. The van der Waals surface area contributed by atoms with Gasteiger partial charge >= 0.3 is 0 Å². The molecule has 0 spiro atoms. The van der Waals surface area contributed by atoms with Crippen molar-refractivity contribution in [2.45, 2.75) is 10.8 Å². The first-order valence-corrected chi connectivity index (χ1v) is 13.5. The lowest BCUT2D eigenvalue weighted by atomic mass is 9.59. The number of benzene rings is 4. The first-order chi connectivity index (χ1) is 20.0. The van der Waals surface area contributed by atoms with E-state index in [0.717, 1.165) is 22.3 Å². The Labute approximate surface area is 237 Å². The maximum absolute atomic E-state index is 15.5. The predicted molar refractivity (Wildman–Crippen MR) is 154 cm³/mol. The van der Waals surface area contributed by atoms with Crippen LogP contribution in [0.25, 0.3) is 11.1 Å². The van der Waals surface area contributed by atoms with Gasteiger partial charge in [-0.2, -0.15) is 0 Å². The van der Waals surface area contributed by atoms with Gasteiger partial charge < -0.3 is 9.47 Å². The van der Waals surface area contributed by atoms with Crippen molar-refractivity contribution in [3.8, 4) is 11.5 Å². The van der Waals surface area contributed by atoms with Gasteiger partial charge in [-0.25, -0.2) is 0 Å². The standard InChI is InChI=1S/C35H27NO5/c1-40-25-17-13-21(14-18-25)27-28(22-15-19-26(41-2)20-16-22)35(24-11-7-4-8-12-24)30-29(31(37)36-32(30)38)34(27,33(35)39)23-9-5-3-6-10-23/h3-20,29-30H,1-2H3,(H,36,37,38)/t29-,30+,34-,35+. The van der Waals surface area contributed by atoms with E-state index in [1.807, 2.05) is 109 Å². The first-order valence-electron chi connectivity index (χ1n) is 13.5. The highest BCUT2D eigenvalue weighted by Crippen LogP contribution is 2.73. The van der Waals surface area contributed by atoms with Gasteiger partial charge in [-0.15, -0.1) is 0 Å². The van der Waals surface area contributed by atoms with Gasteiger partial charge in [0.15, 0.2) is 5.78 Å². The number of ketones is 1. The molecule has 1 saturated heterocycles. The Morgan fingerprint density at radius 2 is 0.902 bits per heavy atom. The summed E-state index contributed by atoms with van der Waals surface area (Å²) in [5, 5.41) is 2.61. The molecule has 6 nitrogen and oxygen atoms in total. The van der Waals surface area contributed by atoms with Crippen LogP contribution in [0.15, 0.2) is 109 Å². The van der Waals surface area contributed by atoms with Crippen LogP contribution in [0.4, 0.5) is 0 Å². The quantitative estimate of drug-likeness (QED) is 0.349. The molecule has 2 amide bonds. The number of hydrogen-bond acceptors (Lipinski definition) is 5. The Hall–Kier alpha value is -4.97. The van der Waals surface area contributed by atoms with E-state index in [9.17, 15) is 9.59 Å². The summed E-state index contributed by atoms with van der Waals surface area (Å²) in [5.74, 6) is -1.48. The van der Waals surface area contributed by atoms with Crippen molar-refractivity contribution in [3.05, 3.63) is 131 Å². The lowest BCUT2D eigenvalue weighted by molar-refractivity contribution is -0.132. The van der Waals surface area contributed by atoms with E-state index in [1.54, 1.807) is 14.2 Å². The van der Waals surface area contributed by atoms with Gasteiger partial charge in [0.2, 0.25) is 11.8 Å². The maximum atomic E-state index is 15.5. The van der Waals surface area contributed by atoms with E-state index in [2.05, 4.69) is 5.32 Å². The molecule has 4 aromatic rings. The molecule has 0 aromatic heterocycles. The topological polar surface area (TPSA) is 81.7 Å². The summed E-state index contributed by atoms with van der Waals surface area (Å²) in [7, 11) is 3.21. The molecule has 1 saturated carbocycles. The zero-order valence-corrected chi connectivity index (χ0v) is 22.6. The third-order valence-electron chi connectivity index (χ3n) is 9.05. The number of nitrogens with one attached hydrogen (secondary N) is 1. The molecule has 3 aliphatic rings. The average Bonchev–Trinajstić information content (AvgIpc) is 3.56. The SMILES string of the molecule is COc1ccc(C2=C(c3ccc(OC)cc3)[C@@]3(c4ccccc4)C(=O)[C@]2(c2ccccc2)[C@@H]2C(=O)NC(=O)[C@@H]23)cc1. The molecular weight excluding hydrogens is 514 g/mol. The molecule has 202 valence electrons. The monoisotopic (exact) mass is 541 g/mol. The molecule has 0 radical (unpaired) electrons. The van der Waals surface area contributed by atoms with E-state index < -0.39 is 34.5 Å². The van der Waals surface area contributed by atoms with E-state index in [1.165, 1.54) is 0 Å². The number of methoxy groups -OCH3 is 2. The minimum absolute atomic E-state index is 0.155. The molecule has 2 fully saturated rings. The van der Waals surface area contributed by atoms with Crippen molar-refractivity contribution >= 4 is 28.7 Å². The Balaban J connectivity index is 1.69. The second-order valence-electron chi connectivity index (χ2n) is 10.7. The number of ether oxygens (including phenoxy) is 2. The van der Waals surface area contributed by atoms with Crippen molar-refractivity contribution in [3.63, 3.8) is 0 Å². The van der Waals surface area contributed by atoms with Crippen LogP contribution in [0.5, 0.6) is 11.5 Å². The third kappa shape index (κ3) is 3.10. The van der Waals surface area contributed by atoms with Crippen LogP contribution in [0, 0.1) is 11.8 Å². The largest absolute Gasteiger partial charge is 0.497 e. The second-order valence-corrected chi connectivity index (χ2v) is 10.7. The number of amides is 2. The molecule has 4 aromatic carbocycles. The molecule has 2 bridgehead atoms. The van der Waals surface area contributed by atoms with Crippen molar-refractivity contribution in [2.24, 2.45) is 11.8 Å². The van der Waals surface area contributed by atoms with Crippen LogP contribution in [0.1, 0.15) is 22.3 Å². The Morgan fingerprint density at radius 1 is 0.537 bits per heavy atom. The molecule has 4 atom stereocenters. The number of imide groups is 1. The number of hydrogen-bond donors (Lipinski definition) is 1. The maximum Gasteiger partial charge on any atom is 0.232 e. The average molecular weight is 542 g/mol. The van der Waals surface area contributed by atoms with Gasteiger partial charge in [0.1, 0.15) is 11.5 Å². The normalized spacial score (nSPS) is 26.2. The van der Waals surface area contributed by atoms with Crippen LogP contribution in [-0.4, -0.2) is 31.8 Å². The number of Topliss-reactive ketones (excluding diaryl/α,β-unsaturated/α-hetero) is 1. The summed E-state index contributed by atoms with van der Waals surface area (Å²) < 4.78 is 10.9. The van der Waals surface area contributed by atoms with Crippen molar-refractivity contribution in [1.82, 2.24) is 5.32 Å². The van der Waals surface area contributed by atoms with Crippen LogP contribution < -0.4 is 14.8 Å². The van der Waals surface area contributed by atoms with Gasteiger partial charge in [-0.1, -0.05) is 84.9 Å². The number of rotatable bonds is 6. The second kappa shape index (κ2) is 9.03. The number of carbonyl (C=O) groups is 3. The highest BCUT2D eigenvalue weighted by atomic mass is 16.5. The summed E-state index contributed by atoms with van der Waals surface area (Å²) in [5.41, 5.74) is 1.63. The van der Waals surface area contributed by atoms with E-state index >= 15 is 4.79 Å². The lowest BCUT2D eigenvalue weighted by Crippen LogP contribution is -2.44. The molecule has 7 rings (SSSR count). The highest BCUT2D eigenvalue weighted by molar-refractivity contribution is 6.35. The van der Waals surface area contributed by atoms with Gasteiger partial charge in [0.05, 0.1) is 36.9 Å². The van der Waals surface area contributed by atoms with E-state index in [4.69, 9.17) is 9.47 Å². The number of fused-ring (bicyclic) bond motifs is 5. The number of allylic oxidation sites excluding steroid dienone is 2. The zero-order chi connectivity index (χ0) is 28.4. The Bertz CT molecular complexity index is 1600. The fourth-order valence-corrected chi connectivity index (χ4v) is 7.57. The minimum Gasteiger partial charge on any atom is -0.497 e. The summed E-state index contributed by atoms with van der Waals surface area (Å²) >= 11 is 0. The number of carbonyl (C=O) groups excluding carboxylic acids is 3. The van der Waals surface area contributed by atoms with Crippen LogP contribution in [-0.2, 0) is 25.2 Å². The predicted octanol–water partition coefficient (Wildman–Crippen LogP) is 4.98.